The lowest BCUT2D eigenvalue weighted by Gasteiger charge is -2.25. The Morgan fingerprint density at radius 2 is 1.78 bits per heavy atom. The van der Waals surface area contributed by atoms with E-state index >= 15 is 0 Å². The number of benzene rings is 1. The van der Waals surface area contributed by atoms with Gasteiger partial charge in [0, 0.05) is 0 Å². The third-order valence-electron chi connectivity index (χ3n) is 4.26. The normalized spacial score (nSPS) is 20.1. The molecule has 1 nitrogen and oxygen atoms in total. The van der Waals surface area contributed by atoms with Gasteiger partial charge >= 0.3 is 0 Å². The second-order valence-corrected chi connectivity index (χ2v) is 5.97. The molecule has 0 radical (unpaired) electrons. The standard InChI is InChI=1S/C17H24O/c1-11(2)14-5-7-15(8-6-14)16-9-12(3)17(18)13(4)10-16/h7,9-11,14,18H,5-6,8H2,1-4H3. The Balaban J connectivity index is 2.24. The summed E-state index contributed by atoms with van der Waals surface area (Å²) in [6.45, 7) is 8.59. The molecule has 1 aliphatic rings. The topological polar surface area (TPSA) is 20.2 Å². The van der Waals surface area contributed by atoms with Gasteiger partial charge in [0.15, 0.2) is 0 Å². The Morgan fingerprint density at radius 1 is 1.17 bits per heavy atom. The number of allylic oxidation sites excluding steroid dienone is 2. The number of phenolic OH excluding ortho intramolecular Hbond substituents is 1. The van der Waals surface area contributed by atoms with E-state index < -0.39 is 0 Å². The summed E-state index contributed by atoms with van der Waals surface area (Å²) in [6.07, 6.45) is 6.07. The number of rotatable bonds is 2. The molecule has 0 heterocycles. The number of aromatic hydroxyl groups is 1. The van der Waals surface area contributed by atoms with Gasteiger partial charge in [0.25, 0.3) is 0 Å². The van der Waals surface area contributed by atoms with E-state index in [1.807, 2.05) is 13.8 Å². The minimum absolute atomic E-state index is 0.440. The summed E-state index contributed by atoms with van der Waals surface area (Å²) in [7, 11) is 0. The van der Waals surface area contributed by atoms with Crippen LogP contribution in [0.4, 0.5) is 0 Å². The van der Waals surface area contributed by atoms with E-state index in [-0.39, 0.29) is 0 Å². The van der Waals surface area contributed by atoms with Crippen LogP contribution in [-0.2, 0) is 0 Å². The Labute approximate surface area is 111 Å². The van der Waals surface area contributed by atoms with E-state index in [1.54, 1.807) is 0 Å². The van der Waals surface area contributed by atoms with E-state index in [4.69, 9.17) is 0 Å². The first kappa shape index (κ1) is 13.2. The molecule has 1 aromatic carbocycles. The molecule has 18 heavy (non-hydrogen) atoms. The molecular formula is C17H24O. The Hall–Kier alpha value is -1.24. The first-order valence-corrected chi connectivity index (χ1v) is 6.98. The number of hydrogen-bond acceptors (Lipinski definition) is 1. The van der Waals surface area contributed by atoms with Crippen molar-refractivity contribution in [2.24, 2.45) is 11.8 Å². The minimum atomic E-state index is 0.440. The lowest BCUT2D eigenvalue weighted by molar-refractivity contribution is 0.359. The van der Waals surface area contributed by atoms with Crippen molar-refractivity contribution in [1.29, 1.82) is 0 Å². The van der Waals surface area contributed by atoms with Crippen molar-refractivity contribution in [1.82, 2.24) is 0 Å². The van der Waals surface area contributed by atoms with Gasteiger partial charge in [0.1, 0.15) is 5.75 Å². The second kappa shape index (κ2) is 5.17. The van der Waals surface area contributed by atoms with E-state index in [0.717, 1.165) is 23.0 Å². The van der Waals surface area contributed by atoms with Crippen LogP contribution in [0.15, 0.2) is 18.2 Å². The van der Waals surface area contributed by atoms with Gasteiger partial charge in [0.2, 0.25) is 0 Å². The number of phenols is 1. The third kappa shape index (κ3) is 2.60. The van der Waals surface area contributed by atoms with Gasteiger partial charge in [-0.25, -0.2) is 0 Å². The average Bonchev–Trinajstić information content (AvgIpc) is 2.35. The molecule has 0 aromatic heterocycles. The molecule has 0 spiro atoms. The Morgan fingerprint density at radius 3 is 2.22 bits per heavy atom. The quantitative estimate of drug-likeness (QED) is 0.788. The lowest BCUT2D eigenvalue weighted by atomic mass is 9.80. The molecule has 2 rings (SSSR count). The molecule has 1 unspecified atom stereocenters. The zero-order valence-corrected chi connectivity index (χ0v) is 12.0. The maximum atomic E-state index is 9.82. The van der Waals surface area contributed by atoms with Gasteiger partial charge in [-0.1, -0.05) is 19.9 Å². The smallest absolute Gasteiger partial charge is 0.121 e. The van der Waals surface area contributed by atoms with Crippen LogP contribution in [0.3, 0.4) is 0 Å². The molecule has 0 fully saturated rings. The molecule has 1 N–H and O–H groups in total. The van der Waals surface area contributed by atoms with Crippen LogP contribution in [0.25, 0.3) is 5.57 Å². The summed E-state index contributed by atoms with van der Waals surface area (Å²) in [6, 6.07) is 4.23. The maximum absolute atomic E-state index is 9.82. The number of aryl methyl sites for hydroxylation is 2. The van der Waals surface area contributed by atoms with Crippen LogP contribution >= 0.6 is 0 Å². The van der Waals surface area contributed by atoms with E-state index in [9.17, 15) is 5.11 Å². The summed E-state index contributed by atoms with van der Waals surface area (Å²) in [5, 5.41) is 9.82. The summed E-state index contributed by atoms with van der Waals surface area (Å²) in [4.78, 5) is 0. The van der Waals surface area contributed by atoms with Crippen molar-refractivity contribution in [3.05, 3.63) is 34.9 Å². The SMILES string of the molecule is Cc1cc(C2=CCC(C(C)C)CC2)cc(C)c1O. The van der Waals surface area contributed by atoms with Gasteiger partial charge in [-0.3, -0.25) is 0 Å². The molecule has 0 aliphatic heterocycles. The van der Waals surface area contributed by atoms with Gasteiger partial charge in [-0.05, 0) is 79.3 Å². The molecule has 0 saturated heterocycles. The van der Waals surface area contributed by atoms with E-state index in [0.29, 0.717) is 5.75 Å². The second-order valence-electron chi connectivity index (χ2n) is 5.97. The van der Waals surface area contributed by atoms with Crippen LogP contribution in [-0.4, -0.2) is 5.11 Å². The van der Waals surface area contributed by atoms with E-state index in [2.05, 4.69) is 32.1 Å². The van der Waals surface area contributed by atoms with E-state index in [1.165, 1.54) is 30.4 Å². The molecule has 98 valence electrons. The Bertz CT molecular complexity index is 445. The van der Waals surface area contributed by atoms with Crippen molar-refractivity contribution >= 4 is 5.57 Å². The first-order chi connectivity index (χ1) is 8.49. The maximum Gasteiger partial charge on any atom is 0.121 e. The van der Waals surface area contributed by atoms with Crippen molar-refractivity contribution < 1.29 is 5.11 Å². The summed E-state index contributed by atoms with van der Waals surface area (Å²) in [5.74, 6) is 2.06. The molecule has 0 amide bonds. The molecular weight excluding hydrogens is 220 g/mol. The van der Waals surface area contributed by atoms with Crippen molar-refractivity contribution in [3.63, 3.8) is 0 Å². The van der Waals surface area contributed by atoms with Crippen LogP contribution in [0.1, 0.15) is 49.8 Å². The third-order valence-corrected chi connectivity index (χ3v) is 4.26. The summed E-state index contributed by atoms with van der Waals surface area (Å²) >= 11 is 0. The van der Waals surface area contributed by atoms with Crippen LogP contribution in [0.2, 0.25) is 0 Å². The van der Waals surface area contributed by atoms with Crippen molar-refractivity contribution in [2.75, 3.05) is 0 Å². The molecule has 1 aliphatic carbocycles. The minimum Gasteiger partial charge on any atom is -0.507 e. The van der Waals surface area contributed by atoms with Crippen LogP contribution < -0.4 is 0 Å². The van der Waals surface area contributed by atoms with Gasteiger partial charge in [-0.15, -0.1) is 0 Å². The fraction of sp³-hybridized carbons (Fsp3) is 0.529. The van der Waals surface area contributed by atoms with Crippen LogP contribution in [0.5, 0.6) is 5.75 Å². The average molecular weight is 244 g/mol. The van der Waals surface area contributed by atoms with Crippen LogP contribution in [0, 0.1) is 25.7 Å². The predicted molar refractivity (Wildman–Crippen MR) is 77.7 cm³/mol. The van der Waals surface area contributed by atoms with Crippen molar-refractivity contribution in [2.45, 2.75) is 47.0 Å². The van der Waals surface area contributed by atoms with Crippen molar-refractivity contribution in [3.8, 4) is 5.75 Å². The summed E-state index contributed by atoms with van der Waals surface area (Å²) < 4.78 is 0. The monoisotopic (exact) mass is 244 g/mol. The fourth-order valence-electron chi connectivity index (χ4n) is 2.86. The highest BCUT2D eigenvalue weighted by molar-refractivity contribution is 5.68. The molecule has 0 bridgehead atoms. The Kier molecular flexibility index (Phi) is 3.79. The highest BCUT2D eigenvalue weighted by Crippen LogP contribution is 2.35. The highest BCUT2D eigenvalue weighted by Gasteiger charge is 2.18. The lowest BCUT2D eigenvalue weighted by Crippen LogP contribution is -2.11. The zero-order chi connectivity index (χ0) is 13.3. The molecule has 1 aromatic rings. The predicted octanol–water partition coefficient (Wildman–Crippen LogP) is 4.85. The molecule has 1 heteroatoms. The van der Waals surface area contributed by atoms with Gasteiger partial charge in [0.05, 0.1) is 0 Å². The molecule has 0 saturated carbocycles. The zero-order valence-electron chi connectivity index (χ0n) is 12.0. The molecule has 1 atom stereocenters. The fourth-order valence-corrected chi connectivity index (χ4v) is 2.86. The highest BCUT2D eigenvalue weighted by atomic mass is 16.3. The first-order valence-electron chi connectivity index (χ1n) is 6.98. The van der Waals surface area contributed by atoms with Gasteiger partial charge in [-0.2, -0.15) is 0 Å². The number of hydrogen-bond donors (Lipinski definition) is 1. The van der Waals surface area contributed by atoms with Gasteiger partial charge < -0.3 is 5.11 Å². The summed E-state index contributed by atoms with van der Waals surface area (Å²) in [5.41, 5.74) is 4.72. The largest absolute Gasteiger partial charge is 0.507 e.